The molecule has 0 amide bonds. The third-order valence-electron chi connectivity index (χ3n) is 3.13. The second kappa shape index (κ2) is 3.51. The Bertz CT molecular complexity index is 293. The van der Waals surface area contributed by atoms with E-state index >= 15 is 0 Å². The molecule has 0 saturated heterocycles. The van der Waals surface area contributed by atoms with Gasteiger partial charge in [0.05, 0.1) is 0 Å². The SMILES string of the molecule is CC1CCCc2ccccc2C1N. The summed E-state index contributed by atoms with van der Waals surface area (Å²) >= 11 is 0. The maximum absolute atomic E-state index is 6.19. The van der Waals surface area contributed by atoms with Crippen molar-refractivity contribution in [3.05, 3.63) is 35.4 Å². The first kappa shape index (κ1) is 8.76. The average Bonchev–Trinajstić information content (AvgIpc) is 2.29. The monoisotopic (exact) mass is 175 g/mol. The molecule has 2 N–H and O–H groups in total. The molecule has 1 nitrogen and oxygen atoms in total. The maximum atomic E-state index is 6.19. The minimum Gasteiger partial charge on any atom is -0.324 e. The van der Waals surface area contributed by atoms with E-state index in [4.69, 9.17) is 5.73 Å². The zero-order valence-corrected chi connectivity index (χ0v) is 8.16. The third-order valence-corrected chi connectivity index (χ3v) is 3.13. The molecule has 0 bridgehead atoms. The quantitative estimate of drug-likeness (QED) is 0.603. The van der Waals surface area contributed by atoms with Crippen molar-refractivity contribution in [1.82, 2.24) is 0 Å². The summed E-state index contributed by atoms with van der Waals surface area (Å²) in [4.78, 5) is 0. The van der Waals surface area contributed by atoms with Crippen LogP contribution in [0.2, 0.25) is 0 Å². The molecule has 2 unspecified atom stereocenters. The van der Waals surface area contributed by atoms with E-state index in [1.807, 2.05) is 0 Å². The zero-order chi connectivity index (χ0) is 9.26. The highest BCUT2D eigenvalue weighted by Crippen LogP contribution is 2.30. The van der Waals surface area contributed by atoms with E-state index in [9.17, 15) is 0 Å². The van der Waals surface area contributed by atoms with E-state index in [1.54, 1.807) is 0 Å². The Hall–Kier alpha value is -0.820. The molecule has 0 fully saturated rings. The summed E-state index contributed by atoms with van der Waals surface area (Å²) in [7, 11) is 0. The Labute approximate surface area is 80.0 Å². The van der Waals surface area contributed by atoms with Crippen LogP contribution in [-0.4, -0.2) is 0 Å². The van der Waals surface area contributed by atoms with Crippen molar-refractivity contribution in [3.8, 4) is 0 Å². The van der Waals surface area contributed by atoms with Gasteiger partial charge in [-0.25, -0.2) is 0 Å². The molecule has 70 valence electrons. The lowest BCUT2D eigenvalue weighted by molar-refractivity contribution is 0.441. The van der Waals surface area contributed by atoms with E-state index in [-0.39, 0.29) is 6.04 Å². The number of aryl methyl sites for hydroxylation is 1. The molecule has 0 aliphatic heterocycles. The van der Waals surface area contributed by atoms with E-state index in [1.165, 1.54) is 30.4 Å². The van der Waals surface area contributed by atoms with Gasteiger partial charge in [-0.1, -0.05) is 31.2 Å². The van der Waals surface area contributed by atoms with E-state index < -0.39 is 0 Å². The normalized spacial score (nSPS) is 27.8. The van der Waals surface area contributed by atoms with Crippen LogP contribution in [0.1, 0.15) is 36.9 Å². The van der Waals surface area contributed by atoms with Gasteiger partial charge < -0.3 is 5.73 Å². The predicted molar refractivity (Wildman–Crippen MR) is 55.5 cm³/mol. The number of nitrogens with two attached hydrogens (primary N) is 1. The number of fused-ring (bicyclic) bond motifs is 1. The van der Waals surface area contributed by atoms with Gasteiger partial charge in [0.15, 0.2) is 0 Å². The topological polar surface area (TPSA) is 26.0 Å². The van der Waals surface area contributed by atoms with Crippen LogP contribution in [-0.2, 0) is 6.42 Å². The minimum atomic E-state index is 0.249. The van der Waals surface area contributed by atoms with Crippen LogP contribution in [0.25, 0.3) is 0 Å². The Balaban J connectivity index is 2.40. The number of benzene rings is 1. The summed E-state index contributed by atoms with van der Waals surface area (Å²) in [5.74, 6) is 0.628. The molecule has 0 radical (unpaired) electrons. The zero-order valence-electron chi connectivity index (χ0n) is 8.16. The van der Waals surface area contributed by atoms with E-state index in [0.717, 1.165) is 0 Å². The molecule has 1 heteroatoms. The van der Waals surface area contributed by atoms with Gasteiger partial charge in [-0.15, -0.1) is 0 Å². The van der Waals surface area contributed by atoms with E-state index in [2.05, 4.69) is 31.2 Å². The Morgan fingerprint density at radius 1 is 1.31 bits per heavy atom. The van der Waals surface area contributed by atoms with Crippen molar-refractivity contribution in [2.45, 2.75) is 32.2 Å². The lowest BCUT2D eigenvalue weighted by Gasteiger charge is -2.18. The van der Waals surface area contributed by atoms with Gasteiger partial charge in [-0.3, -0.25) is 0 Å². The first-order chi connectivity index (χ1) is 6.29. The molecule has 0 aromatic heterocycles. The summed E-state index contributed by atoms with van der Waals surface area (Å²) < 4.78 is 0. The molecule has 1 aliphatic carbocycles. The molecule has 2 atom stereocenters. The molecular weight excluding hydrogens is 158 g/mol. The van der Waals surface area contributed by atoms with Gasteiger partial charge in [0, 0.05) is 6.04 Å². The van der Waals surface area contributed by atoms with Gasteiger partial charge in [0.2, 0.25) is 0 Å². The van der Waals surface area contributed by atoms with Crippen LogP contribution in [0, 0.1) is 5.92 Å². The van der Waals surface area contributed by atoms with Crippen molar-refractivity contribution in [2.75, 3.05) is 0 Å². The summed E-state index contributed by atoms with van der Waals surface area (Å²) in [6, 6.07) is 8.85. The molecule has 0 heterocycles. The Kier molecular flexibility index (Phi) is 2.36. The average molecular weight is 175 g/mol. The predicted octanol–water partition coefficient (Wildman–Crippen LogP) is 2.66. The highest BCUT2D eigenvalue weighted by atomic mass is 14.7. The lowest BCUT2D eigenvalue weighted by atomic mass is 9.93. The fraction of sp³-hybridized carbons (Fsp3) is 0.500. The highest BCUT2D eigenvalue weighted by Gasteiger charge is 2.20. The second-order valence-corrected chi connectivity index (χ2v) is 4.09. The van der Waals surface area contributed by atoms with Crippen molar-refractivity contribution >= 4 is 0 Å². The van der Waals surface area contributed by atoms with Crippen molar-refractivity contribution in [2.24, 2.45) is 11.7 Å². The van der Waals surface area contributed by atoms with Crippen molar-refractivity contribution in [1.29, 1.82) is 0 Å². The molecule has 13 heavy (non-hydrogen) atoms. The fourth-order valence-corrected chi connectivity index (χ4v) is 2.19. The van der Waals surface area contributed by atoms with Gasteiger partial charge in [-0.2, -0.15) is 0 Å². The number of hydrogen-bond acceptors (Lipinski definition) is 1. The molecular formula is C12H17N. The van der Waals surface area contributed by atoms with E-state index in [0.29, 0.717) is 5.92 Å². The summed E-state index contributed by atoms with van der Waals surface area (Å²) in [5, 5.41) is 0. The van der Waals surface area contributed by atoms with Gasteiger partial charge in [-0.05, 0) is 36.3 Å². The summed E-state index contributed by atoms with van der Waals surface area (Å²) in [6.45, 7) is 2.26. The Morgan fingerprint density at radius 3 is 2.92 bits per heavy atom. The molecule has 0 saturated carbocycles. The van der Waals surface area contributed by atoms with Crippen LogP contribution < -0.4 is 5.73 Å². The molecule has 1 aliphatic rings. The van der Waals surface area contributed by atoms with Crippen LogP contribution in [0.4, 0.5) is 0 Å². The first-order valence-electron chi connectivity index (χ1n) is 5.12. The summed E-state index contributed by atoms with van der Waals surface area (Å²) in [5.41, 5.74) is 9.02. The van der Waals surface area contributed by atoms with Crippen LogP contribution in [0.3, 0.4) is 0 Å². The molecule has 0 spiro atoms. The largest absolute Gasteiger partial charge is 0.324 e. The summed E-state index contributed by atoms with van der Waals surface area (Å²) in [6.07, 6.45) is 3.75. The van der Waals surface area contributed by atoms with Crippen molar-refractivity contribution < 1.29 is 0 Å². The van der Waals surface area contributed by atoms with Crippen LogP contribution in [0.5, 0.6) is 0 Å². The second-order valence-electron chi connectivity index (χ2n) is 4.09. The first-order valence-corrected chi connectivity index (χ1v) is 5.12. The van der Waals surface area contributed by atoms with Gasteiger partial charge >= 0.3 is 0 Å². The molecule has 1 aromatic carbocycles. The van der Waals surface area contributed by atoms with Gasteiger partial charge in [0.25, 0.3) is 0 Å². The smallest absolute Gasteiger partial charge is 0.0323 e. The Morgan fingerprint density at radius 2 is 2.08 bits per heavy atom. The minimum absolute atomic E-state index is 0.249. The highest BCUT2D eigenvalue weighted by molar-refractivity contribution is 5.31. The third kappa shape index (κ3) is 1.61. The standard InChI is InChI=1S/C12H17N/c1-9-5-4-7-10-6-2-3-8-11(10)12(9)13/h2-3,6,8-9,12H,4-5,7,13H2,1H3. The number of hydrogen-bond donors (Lipinski definition) is 1. The molecule has 1 aromatic rings. The fourth-order valence-electron chi connectivity index (χ4n) is 2.19. The maximum Gasteiger partial charge on any atom is 0.0323 e. The van der Waals surface area contributed by atoms with Crippen LogP contribution in [0.15, 0.2) is 24.3 Å². The van der Waals surface area contributed by atoms with Gasteiger partial charge in [0.1, 0.15) is 0 Å². The van der Waals surface area contributed by atoms with Crippen LogP contribution >= 0.6 is 0 Å². The lowest BCUT2D eigenvalue weighted by Crippen LogP contribution is -2.18. The molecule has 2 rings (SSSR count). The number of rotatable bonds is 0. The van der Waals surface area contributed by atoms with Crippen molar-refractivity contribution in [3.63, 3.8) is 0 Å².